The molecule has 0 aliphatic carbocycles. The van der Waals surface area contributed by atoms with Crippen LogP contribution < -0.4 is 10.9 Å². The van der Waals surface area contributed by atoms with Gasteiger partial charge in [-0.25, -0.2) is 4.98 Å². The molecule has 2 rings (SSSR count). The first-order valence-corrected chi connectivity index (χ1v) is 4.86. The fourth-order valence-electron chi connectivity index (χ4n) is 1.70. The van der Waals surface area contributed by atoms with Crippen LogP contribution in [-0.2, 0) is 11.0 Å². The molecular weight excluding hydrogens is 239 g/mol. The topological polar surface area (TPSA) is 64.0 Å². The smallest absolute Gasteiger partial charge is 0.294 e. The van der Waals surface area contributed by atoms with Crippen molar-refractivity contribution in [3.8, 4) is 0 Å². The largest absolute Gasteiger partial charge is 0.433 e. The van der Waals surface area contributed by atoms with Gasteiger partial charge in [0, 0.05) is 6.07 Å². The second kappa shape index (κ2) is 3.57. The number of hydrogen-bond acceptors (Lipinski definition) is 3. The minimum atomic E-state index is -4.70. The van der Waals surface area contributed by atoms with Crippen molar-refractivity contribution < 1.29 is 18.0 Å². The van der Waals surface area contributed by atoms with Crippen LogP contribution in [0.25, 0.3) is 0 Å². The summed E-state index contributed by atoms with van der Waals surface area (Å²) in [6.45, 7) is 1.66. The molecule has 0 radical (unpaired) electrons. The molecule has 0 saturated heterocycles. The number of carbonyl (C=O) groups excluding carboxylic acids is 1. The number of fused-ring (bicyclic) bond motifs is 1. The van der Waals surface area contributed by atoms with E-state index in [0.717, 1.165) is 4.57 Å². The average Bonchev–Trinajstić information content (AvgIpc) is 2.52. The first-order chi connectivity index (χ1) is 7.84. The Labute approximate surface area is 93.3 Å². The van der Waals surface area contributed by atoms with Crippen molar-refractivity contribution >= 4 is 11.9 Å². The summed E-state index contributed by atoms with van der Waals surface area (Å²) >= 11 is 0. The molecule has 1 atom stereocenters. The number of hydrogen-bond donors (Lipinski definition) is 1. The summed E-state index contributed by atoms with van der Waals surface area (Å²) in [6, 6.07) is -0.390. The molecule has 5 nitrogen and oxygen atoms in total. The lowest BCUT2D eigenvalue weighted by atomic mass is 10.2. The maximum absolute atomic E-state index is 12.4. The van der Waals surface area contributed by atoms with Gasteiger partial charge in [-0.2, -0.15) is 13.2 Å². The van der Waals surface area contributed by atoms with Crippen LogP contribution in [0.3, 0.4) is 0 Å². The molecule has 0 saturated carbocycles. The SMILES string of the molecule is CCC1C(=O)Nc2nc(C(F)(F)F)cc(=O)n21. The molecule has 17 heavy (non-hydrogen) atoms. The van der Waals surface area contributed by atoms with Crippen LogP contribution in [-0.4, -0.2) is 15.5 Å². The highest BCUT2D eigenvalue weighted by molar-refractivity contribution is 5.95. The van der Waals surface area contributed by atoms with Crippen LogP contribution in [0.1, 0.15) is 25.1 Å². The zero-order valence-corrected chi connectivity index (χ0v) is 8.71. The minimum absolute atomic E-state index is 0.311. The molecule has 0 fully saturated rings. The normalized spacial score (nSPS) is 19.1. The van der Waals surface area contributed by atoms with E-state index < -0.39 is 29.4 Å². The molecule has 1 aromatic rings. The molecule has 0 spiro atoms. The number of alkyl halides is 3. The van der Waals surface area contributed by atoms with Crippen LogP contribution in [0.5, 0.6) is 0 Å². The van der Waals surface area contributed by atoms with Gasteiger partial charge in [0.25, 0.3) is 5.56 Å². The number of anilines is 1. The van der Waals surface area contributed by atoms with Crippen LogP contribution >= 0.6 is 0 Å². The maximum atomic E-state index is 12.4. The number of nitrogens with one attached hydrogen (secondary N) is 1. The van der Waals surface area contributed by atoms with Gasteiger partial charge in [0.2, 0.25) is 11.9 Å². The van der Waals surface area contributed by atoms with Crippen molar-refractivity contribution in [3.05, 3.63) is 22.1 Å². The molecule has 1 aliphatic heterocycles. The Kier molecular flexibility index (Phi) is 2.44. The Morgan fingerprint density at radius 2 is 2.12 bits per heavy atom. The summed E-state index contributed by atoms with van der Waals surface area (Å²) in [5, 5.41) is 2.16. The van der Waals surface area contributed by atoms with Crippen LogP contribution in [0, 0.1) is 0 Å². The molecule has 0 aromatic carbocycles. The summed E-state index contributed by atoms with van der Waals surface area (Å²) in [6.07, 6.45) is -4.39. The fourth-order valence-corrected chi connectivity index (χ4v) is 1.70. The van der Waals surface area contributed by atoms with Gasteiger partial charge >= 0.3 is 6.18 Å². The van der Waals surface area contributed by atoms with E-state index in [9.17, 15) is 22.8 Å². The lowest BCUT2D eigenvalue weighted by Crippen LogP contribution is -2.26. The van der Waals surface area contributed by atoms with Crippen molar-refractivity contribution in [1.82, 2.24) is 9.55 Å². The fraction of sp³-hybridized carbons (Fsp3) is 0.444. The van der Waals surface area contributed by atoms with Gasteiger partial charge in [-0.05, 0) is 6.42 Å². The Morgan fingerprint density at radius 3 is 2.65 bits per heavy atom. The van der Waals surface area contributed by atoms with E-state index in [1.165, 1.54) is 0 Å². The van der Waals surface area contributed by atoms with Gasteiger partial charge in [-0.15, -0.1) is 0 Å². The third kappa shape index (κ3) is 1.79. The van der Waals surface area contributed by atoms with E-state index in [-0.39, 0.29) is 5.95 Å². The third-order valence-electron chi connectivity index (χ3n) is 2.48. The van der Waals surface area contributed by atoms with Crippen LogP contribution in [0.15, 0.2) is 10.9 Å². The zero-order chi connectivity index (χ0) is 12.8. The van der Waals surface area contributed by atoms with Gasteiger partial charge in [0.1, 0.15) is 6.04 Å². The number of amides is 1. The standard InChI is InChI=1S/C9H8F3N3O2/c1-2-4-7(17)14-8-13-5(9(10,11)12)3-6(16)15(4)8/h3-4H,2H2,1H3,(H,13,14,17). The molecule has 1 aromatic heterocycles. The predicted octanol–water partition coefficient (Wildman–Crippen LogP) is 1.17. The molecule has 1 N–H and O–H groups in total. The predicted molar refractivity (Wildman–Crippen MR) is 51.5 cm³/mol. The van der Waals surface area contributed by atoms with E-state index in [2.05, 4.69) is 10.3 Å². The highest BCUT2D eigenvalue weighted by atomic mass is 19.4. The van der Waals surface area contributed by atoms with E-state index in [0.29, 0.717) is 12.5 Å². The molecule has 2 heterocycles. The Morgan fingerprint density at radius 1 is 1.47 bits per heavy atom. The quantitative estimate of drug-likeness (QED) is 0.810. The summed E-state index contributed by atoms with van der Waals surface area (Å²) in [5.74, 6) is -0.863. The highest BCUT2D eigenvalue weighted by Crippen LogP contribution is 2.30. The Bertz CT molecular complexity index is 535. The molecule has 8 heteroatoms. The number of rotatable bonds is 1. The van der Waals surface area contributed by atoms with Crippen molar-refractivity contribution in [1.29, 1.82) is 0 Å². The van der Waals surface area contributed by atoms with E-state index in [1.807, 2.05) is 0 Å². The zero-order valence-electron chi connectivity index (χ0n) is 8.71. The maximum Gasteiger partial charge on any atom is 0.433 e. The minimum Gasteiger partial charge on any atom is -0.294 e. The molecule has 1 aliphatic rings. The van der Waals surface area contributed by atoms with E-state index in [1.54, 1.807) is 6.92 Å². The summed E-state index contributed by atoms with van der Waals surface area (Å²) < 4.78 is 38.1. The van der Waals surface area contributed by atoms with Crippen molar-refractivity contribution in [2.45, 2.75) is 25.6 Å². The lowest BCUT2D eigenvalue weighted by Gasteiger charge is -2.10. The van der Waals surface area contributed by atoms with Crippen molar-refractivity contribution in [2.24, 2.45) is 0 Å². The first-order valence-electron chi connectivity index (χ1n) is 4.86. The highest BCUT2D eigenvalue weighted by Gasteiger charge is 2.37. The molecule has 1 amide bonds. The Balaban J connectivity index is 2.60. The number of halogens is 3. The summed E-state index contributed by atoms with van der Waals surface area (Å²) in [5.41, 5.74) is -2.18. The second-order valence-electron chi connectivity index (χ2n) is 3.58. The second-order valence-corrected chi connectivity index (χ2v) is 3.58. The third-order valence-corrected chi connectivity index (χ3v) is 2.48. The number of nitrogens with zero attached hydrogens (tertiary/aromatic N) is 2. The van der Waals surface area contributed by atoms with Gasteiger partial charge in [-0.3, -0.25) is 19.5 Å². The monoisotopic (exact) mass is 247 g/mol. The van der Waals surface area contributed by atoms with Crippen LogP contribution in [0.2, 0.25) is 0 Å². The Hall–Kier alpha value is -1.86. The van der Waals surface area contributed by atoms with E-state index >= 15 is 0 Å². The van der Waals surface area contributed by atoms with Gasteiger partial charge in [0.05, 0.1) is 0 Å². The van der Waals surface area contributed by atoms with E-state index in [4.69, 9.17) is 0 Å². The molecule has 1 unspecified atom stereocenters. The van der Waals surface area contributed by atoms with Crippen molar-refractivity contribution in [2.75, 3.05) is 5.32 Å². The molecule has 92 valence electrons. The van der Waals surface area contributed by atoms with Gasteiger partial charge < -0.3 is 0 Å². The molecular formula is C9H8F3N3O2. The lowest BCUT2D eigenvalue weighted by molar-refractivity contribution is -0.141. The number of carbonyl (C=O) groups is 1. The average molecular weight is 247 g/mol. The van der Waals surface area contributed by atoms with Gasteiger partial charge in [-0.1, -0.05) is 6.92 Å². The van der Waals surface area contributed by atoms with Crippen molar-refractivity contribution in [3.63, 3.8) is 0 Å². The first kappa shape index (κ1) is 11.6. The van der Waals surface area contributed by atoms with Gasteiger partial charge in [0.15, 0.2) is 5.69 Å². The number of aromatic nitrogens is 2. The summed E-state index contributed by atoms with van der Waals surface area (Å²) in [7, 11) is 0. The van der Waals surface area contributed by atoms with Crippen LogP contribution in [0.4, 0.5) is 19.1 Å². The molecule has 0 bridgehead atoms. The summed E-state index contributed by atoms with van der Waals surface area (Å²) in [4.78, 5) is 26.1.